The second kappa shape index (κ2) is 32.2. The summed E-state index contributed by atoms with van der Waals surface area (Å²) < 4.78 is 30.4. The molecule has 0 aliphatic heterocycles. The summed E-state index contributed by atoms with van der Waals surface area (Å²) in [6.45, 7) is 33.7. The van der Waals surface area contributed by atoms with Gasteiger partial charge in [0.2, 0.25) is 0 Å². The molecule has 9 aromatic rings. The van der Waals surface area contributed by atoms with Crippen LogP contribution in [0, 0.1) is 44.5 Å². The third-order valence-corrected chi connectivity index (χ3v) is 16.2. The lowest BCUT2D eigenvalue weighted by atomic mass is 9.86. The molecule has 3 N–H and O–H groups in total. The summed E-state index contributed by atoms with van der Waals surface area (Å²) in [7, 11) is 0. The van der Waals surface area contributed by atoms with E-state index in [1.807, 2.05) is 192 Å². The standard InChI is InChI=1S/C30H33ClO4.C28H29ClO4.C25H26BrClO3/c1-8-34-28(32)27(35-29(3,4)5)25-19(2)17-22-10-9-20(15-16-30(6,7)33)18-24(22)26(25)21-11-13-23(31)14-12-21;1-17-15-20-8-7-18(13-14-28(5,6)32)16-22(20)24(19-9-11-21(29)12-10-19)23(17)25(26(30)31)33-27(2,3)4;1-6-29-24(28)23(30-25(3,4)5)21-15(2)13-17-7-10-18(26)14-20(17)22(21)16-8-11-19(27)12-9-16/h9-14,17-18,27,33H,8H2,1-7H3;7-12,15-16,25,32H,1-6H3,(H,30,31);7-14,23H,6H2,1-5H3. The molecule has 0 amide bonds. The first-order valence-electron chi connectivity index (χ1n) is 32.4. The first-order valence-corrected chi connectivity index (χ1v) is 34.3. The Kier molecular flexibility index (Phi) is 25.5. The molecule has 0 aliphatic rings. The van der Waals surface area contributed by atoms with E-state index in [-0.39, 0.29) is 19.2 Å². The molecular weight excluding hydrogens is 1360 g/mol. The molecule has 9 rings (SSSR count). The molecule has 3 unspecified atom stereocenters. The van der Waals surface area contributed by atoms with Gasteiger partial charge in [0.1, 0.15) is 11.2 Å². The number of carbonyl (C=O) groups is 3. The van der Waals surface area contributed by atoms with Gasteiger partial charge in [-0.15, -0.1) is 0 Å². The van der Waals surface area contributed by atoms with Crippen LogP contribution >= 0.6 is 50.7 Å². The quantitative estimate of drug-likeness (QED) is 0.0703. The van der Waals surface area contributed by atoms with E-state index in [1.165, 1.54) is 0 Å². The summed E-state index contributed by atoms with van der Waals surface area (Å²) in [5, 5.41) is 37.9. The highest BCUT2D eigenvalue weighted by Gasteiger charge is 2.36. The zero-order valence-electron chi connectivity index (χ0n) is 59.1. The molecule has 0 radical (unpaired) electrons. The highest BCUT2D eigenvalue weighted by atomic mass is 79.9. The molecule has 9 aromatic carbocycles. The maximum absolute atomic E-state index is 13.2. The van der Waals surface area contributed by atoms with Crippen molar-refractivity contribution in [2.75, 3.05) is 13.2 Å². The molecule has 11 nitrogen and oxygen atoms in total. The number of carbonyl (C=O) groups excluding carboxylic acids is 2. The van der Waals surface area contributed by atoms with Crippen molar-refractivity contribution in [2.45, 2.75) is 171 Å². The molecule has 0 saturated heterocycles. The number of aliphatic hydroxyl groups is 2. The summed E-state index contributed by atoms with van der Waals surface area (Å²) in [5.41, 5.74) is 7.61. The lowest BCUT2D eigenvalue weighted by Crippen LogP contribution is -2.29. The van der Waals surface area contributed by atoms with Crippen molar-refractivity contribution in [1.29, 1.82) is 0 Å². The maximum atomic E-state index is 13.2. The normalized spacial score (nSPS) is 12.8. The molecule has 0 aromatic heterocycles. The van der Waals surface area contributed by atoms with Crippen molar-refractivity contribution >= 4 is 101 Å². The van der Waals surface area contributed by atoms with Crippen LogP contribution in [0.2, 0.25) is 15.1 Å². The summed E-state index contributed by atoms with van der Waals surface area (Å²) in [6, 6.07) is 46.5. The number of aryl methyl sites for hydroxylation is 3. The lowest BCUT2D eigenvalue weighted by molar-refractivity contribution is -0.167. The van der Waals surface area contributed by atoms with Crippen LogP contribution in [0.1, 0.15) is 167 Å². The Hall–Kier alpha value is -7.56. The van der Waals surface area contributed by atoms with Gasteiger partial charge < -0.3 is 39.0 Å². The van der Waals surface area contributed by atoms with E-state index in [0.29, 0.717) is 20.6 Å². The monoisotopic (exact) mass is 1440 g/mol. The fourth-order valence-corrected chi connectivity index (χ4v) is 11.9. The summed E-state index contributed by atoms with van der Waals surface area (Å²) in [4.78, 5) is 38.6. The van der Waals surface area contributed by atoms with Gasteiger partial charge in [0.05, 0.1) is 30.0 Å². The third-order valence-electron chi connectivity index (χ3n) is 15.0. The van der Waals surface area contributed by atoms with Gasteiger partial charge in [-0.3, -0.25) is 0 Å². The largest absolute Gasteiger partial charge is 0.479 e. The fourth-order valence-electron chi connectivity index (χ4n) is 11.2. The van der Waals surface area contributed by atoms with Gasteiger partial charge in [0.25, 0.3) is 0 Å². The number of benzene rings is 9. The summed E-state index contributed by atoms with van der Waals surface area (Å²) in [6.07, 6.45) is -2.93. The zero-order valence-corrected chi connectivity index (χ0v) is 63.0. The number of carboxylic acids is 1. The molecule has 0 spiro atoms. The third kappa shape index (κ3) is 21.2. The number of esters is 2. The number of ether oxygens (including phenoxy) is 5. The van der Waals surface area contributed by atoms with Crippen LogP contribution in [0.15, 0.2) is 150 Å². The highest BCUT2D eigenvalue weighted by molar-refractivity contribution is 9.10. The van der Waals surface area contributed by atoms with E-state index in [0.717, 1.165) is 109 Å². The molecule has 98 heavy (non-hydrogen) atoms. The number of carboxylic acid groups (broad SMARTS) is 1. The molecular formula is C83H88BrCl3O11. The smallest absolute Gasteiger partial charge is 0.339 e. The average Bonchev–Trinajstić information content (AvgIpc) is 0.768. The first kappa shape index (κ1) is 77.8. The molecule has 514 valence electrons. The average molecular weight is 1450 g/mol. The number of fused-ring (bicyclic) bond motifs is 3. The molecule has 15 heteroatoms. The Morgan fingerprint density at radius 3 is 1.00 bits per heavy atom. The topological polar surface area (TPSA) is 158 Å². The van der Waals surface area contributed by atoms with Gasteiger partial charge in [-0.25, -0.2) is 14.4 Å². The molecule has 0 heterocycles. The molecule has 3 atom stereocenters. The van der Waals surface area contributed by atoms with Crippen molar-refractivity contribution in [3.8, 4) is 57.1 Å². The zero-order chi connectivity index (χ0) is 72.6. The fraction of sp³-hybridized carbons (Fsp3) is 0.337. The van der Waals surface area contributed by atoms with Gasteiger partial charge in [0.15, 0.2) is 18.3 Å². The van der Waals surface area contributed by atoms with Crippen LogP contribution in [0.25, 0.3) is 65.7 Å². The van der Waals surface area contributed by atoms with Gasteiger partial charge >= 0.3 is 17.9 Å². The minimum absolute atomic E-state index is 0.252. The Morgan fingerprint density at radius 1 is 0.429 bits per heavy atom. The Bertz CT molecular complexity index is 4520. The SMILES string of the molecule is CCOC(=O)C(OC(C)(C)C)c1c(C)cc2ccc(Br)cc2c1-c1ccc(Cl)cc1.CCOC(=O)C(OC(C)(C)C)c1c(C)cc2ccc(C#CC(C)(C)O)cc2c1-c1ccc(Cl)cc1.Cc1cc2ccc(C#CC(C)(C)O)cc2c(-c2ccc(Cl)cc2)c1C(OC(C)(C)C)C(=O)O. The molecule has 0 bridgehead atoms. The Balaban J connectivity index is 0.000000208. The van der Waals surface area contributed by atoms with E-state index >= 15 is 0 Å². The molecule has 0 aliphatic carbocycles. The van der Waals surface area contributed by atoms with Gasteiger partial charge in [-0.05, 0) is 280 Å². The number of hydrogen-bond donors (Lipinski definition) is 3. The van der Waals surface area contributed by atoms with E-state index < -0.39 is 58.3 Å². The van der Waals surface area contributed by atoms with Crippen molar-refractivity contribution in [3.05, 3.63) is 210 Å². The van der Waals surface area contributed by atoms with Crippen LogP contribution in [-0.2, 0) is 38.1 Å². The van der Waals surface area contributed by atoms with Crippen LogP contribution in [0.5, 0.6) is 0 Å². The summed E-state index contributed by atoms with van der Waals surface area (Å²) in [5.74, 6) is 9.92. The number of halogens is 4. The van der Waals surface area contributed by atoms with E-state index in [1.54, 1.807) is 53.7 Å². The minimum Gasteiger partial charge on any atom is -0.479 e. The van der Waals surface area contributed by atoms with Crippen LogP contribution in [0.3, 0.4) is 0 Å². The van der Waals surface area contributed by atoms with Crippen LogP contribution in [-0.4, -0.2) is 74.4 Å². The number of hydrogen-bond acceptors (Lipinski definition) is 10. The molecule has 0 saturated carbocycles. The van der Waals surface area contributed by atoms with Gasteiger partial charge in [0, 0.05) is 47.4 Å². The predicted molar refractivity (Wildman–Crippen MR) is 403 cm³/mol. The van der Waals surface area contributed by atoms with E-state index in [9.17, 15) is 29.7 Å². The lowest BCUT2D eigenvalue weighted by Gasteiger charge is -2.29. The van der Waals surface area contributed by atoms with Crippen molar-refractivity contribution < 1.29 is 53.4 Å². The van der Waals surface area contributed by atoms with E-state index in [4.69, 9.17) is 58.5 Å². The van der Waals surface area contributed by atoms with Crippen LogP contribution in [0.4, 0.5) is 0 Å². The maximum Gasteiger partial charge on any atom is 0.339 e. The number of rotatable bonds is 14. The van der Waals surface area contributed by atoms with E-state index in [2.05, 4.69) is 63.9 Å². The second-order valence-electron chi connectivity index (χ2n) is 28.0. The first-order chi connectivity index (χ1) is 45.6. The minimum atomic E-state index is -1.16. The Morgan fingerprint density at radius 2 is 0.714 bits per heavy atom. The molecule has 0 fully saturated rings. The summed E-state index contributed by atoms with van der Waals surface area (Å²) >= 11 is 22.1. The van der Waals surface area contributed by atoms with Crippen molar-refractivity contribution in [2.24, 2.45) is 0 Å². The van der Waals surface area contributed by atoms with Crippen molar-refractivity contribution in [3.63, 3.8) is 0 Å². The highest BCUT2D eigenvalue weighted by Crippen LogP contribution is 2.45. The number of aliphatic carboxylic acids is 1. The van der Waals surface area contributed by atoms with Gasteiger partial charge in [-0.2, -0.15) is 0 Å². The predicted octanol–water partition coefficient (Wildman–Crippen LogP) is 21.2. The van der Waals surface area contributed by atoms with Crippen molar-refractivity contribution in [1.82, 2.24) is 0 Å². The van der Waals surface area contributed by atoms with Crippen LogP contribution < -0.4 is 0 Å². The van der Waals surface area contributed by atoms with Gasteiger partial charge in [-0.1, -0.05) is 147 Å². The second-order valence-corrected chi connectivity index (χ2v) is 30.2. The Labute approximate surface area is 601 Å².